The number of halogens is 5. The molecule has 2 amide bonds. The summed E-state index contributed by atoms with van der Waals surface area (Å²) >= 11 is 0. The van der Waals surface area contributed by atoms with Crippen LogP contribution in [0.2, 0.25) is 0 Å². The topological polar surface area (TPSA) is 75.4 Å². The molecule has 20 heavy (non-hydrogen) atoms. The molecule has 0 saturated carbocycles. The largest absolute Gasteiger partial charge is 0.406 e. The van der Waals surface area contributed by atoms with E-state index in [9.17, 15) is 31.5 Å². The minimum Gasteiger partial charge on any atom is -0.350 e. The number of nitrogens with zero attached hydrogens (tertiary/aromatic N) is 1. The maximum atomic E-state index is 12.8. The Labute approximate surface area is 111 Å². The predicted octanol–water partition coefficient (Wildman–Crippen LogP) is 0.107. The Hall–Kier alpha value is -1.45. The fourth-order valence-electron chi connectivity index (χ4n) is 1.75. The van der Waals surface area contributed by atoms with Crippen LogP contribution in [0.25, 0.3) is 0 Å². The number of nitrogens with two attached hydrogens (primary N) is 1. The summed E-state index contributed by atoms with van der Waals surface area (Å²) in [5.41, 5.74) is 4.77. The van der Waals surface area contributed by atoms with E-state index in [1.807, 2.05) is 5.32 Å². The second kappa shape index (κ2) is 5.90. The number of carbonyl (C=O) groups is 2. The Morgan fingerprint density at radius 1 is 1.35 bits per heavy atom. The fourth-order valence-corrected chi connectivity index (χ4v) is 1.75. The zero-order valence-electron chi connectivity index (χ0n) is 10.3. The third kappa shape index (κ3) is 4.91. The van der Waals surface area contributed by atoms with Gasteiger partial charge in [0, 0.05) is 13.0 Å². The number of amides is 2. The van der Waals surface area contributed by atoms with Crippen LogP contribution in [0.3, 0.4) is 0 Å². The highest BCUT2D eigenvalue weighted by atomic mass is 19.4. The summed E-state index contributed by atoms with van der Waals surface area (Å²) in [7, 11) is 0. The monoisotopic (exact) mass is 303 g/mol. The molecule has 0 aromatic heterocycles. The van der Waals surface area contributed by atoms with E-state index >= 15 is 0 Å². The molecule has 116 valence electrons. The van der Waals surface area contributed by atoms with Gasteiger partial charge in [0.15, 0.2) is 0 Å². The van der Waals surface area contributed by atoms with Crippen LogP contribution in [0.4, 0.5) is 22.0 Å². The van der Waals surface area contributed by atoms with Crippen LogP contribution >= 0.6 is 0 Å². The van der Waals surface area contributed by atoms with Gasteiger partial charge in [-0.1, -0.05) is 0 Å². The summed E-state index contributed by atoms with van der Waals surface area (Å²) < 4.78 is 62.1. The van der Waals surface area contributed by atoms with Crippen LogP contribution < -0.4 is 11.1 Å². The van der Waals surface area contributed by atoms with Crippen molar-refractivity contribution in [3.05, 3.63) is 0 Å². The van der Waals surface area contributed by atoms with E-state index < -0.39 is 62.4 Å². The second-order valence-corrected chi connectivity index (χ2v) is 4.57. The van der Waals surface area contributed by atoms with Gasteiger partial charge < -0.3 is 16.0 Å². The minimum absolute atomic E-state index is 0.421. The Morgan fingerprint density at radius 3 is 2.45 bits per heavy atom. The fraction of sp³-hybridized carbons (Fsp3) is 0.800. The number of likely N-dealkylation sites (tertiary alicyclic amines) is 1. The molecule has 0 aromatic carbocycles. The first-order valence-corrected chi connectivity index (χ1v) is 5.74. The number of carbonyl (C=O) groups excluding carboxylic acids is 2. The Balaban J connectivity index is 2.50. The third-order valence-corrected chi connectivity index (χ3v) is 2.78. The average molecular weight is 303 g/mol. The van der Waals surface area contributed by atoms with Gasteiger partial charge >= 0.3 is 6.18 Å². The van der Waals surface area contributed by atoms with Gasteiger partial charge in [0.05, 0.1) is 19.0 Å². The molecule has 1 saturated heterocycles. The van der Waals surface area contributed by atoms with E-state index in [4.69, 9.17) is 5.73 Å². The molecule has 1 rings (SSSR count). The van der Waals surface area contributed by atoms with Gasteiger partial charge in [0.25, 0.3) is 5.92 Å². The zero-order valence-corrected chi connectivity index (χ0v) is 10.3. The molecule has 1 atom stereocenters. The van der Waals surface area contributed by atoms with E-state index in [0.717, 1.165) is 0 Å². The molecule has 3 N–H and O–H groups in total. The van der Waals surface area contributed by atoms with Gasteiger partial charge in [0.2, 0.25) is 11.8 Å². The first-order chi connectivity index (χ1) is 9.04. The molecule has 5 nitrogen and oxygen atoms in total. The molecule has 0 aliphatic carbocycles. The molecule has 1 unspecified atom stereocenters. The molecule has 1 aliphatic heterocycles. The van der Waals surface area contributed by atoms with Crippen molar-refractivity contribution in [2.24, 2.45) is 11.7 Å². The van der Waals surface area contributed by atoms with Gasteiger partial charge in [-0.05, 0) is 0 Å². The Morgan fingerprint density at radius 2 is 1.95 bits per heavy atom. The molecule has 0 bridgehead atoms. The SMILES string of the molecule is NCC(F)(F)CNC(=O)C1CC(=O)N(CC(F)(F)F)C1. The molecular weight excluding hydrogens is 289 g/mol. The molecule has 1 fully saturated rings. The van der Waals surface area contributed by atoms with Gasteiger partial charge in [-0.2, -0.15) is 13.2 Å². The first kappa shape index (κ1) is 16.6. The van der Waals surface area contributed by atoms with Crippen molar-refractivity contribution in [3.63, 3.8) is 0 Å². The van der Waals surface area contributed by atoms with Crippen LogP contribution in [0.15, 0.2) is 0 Å². The average Bonchev–Trinajstić information content (AvgIpc) is 2.66. The van der Waals surface area contributed by atoms with Crippen LogP contribution in [0.5, 0.6) is 0 Å². The van der Waals surface area contributed by atoms with E-state index in [2.05, 4.69) is 0 Å². The van der Waals surface area contributed by atoms with Gasteiger partial charge in [-0.25, -0.2) is 8.78 Å². The van der Waals surface area contributed by atoms with E-state index in [0.29, 0.717) is 4.90 Å². The summed E-state index contributed by atoms with van der Waals surface area (Å²) in [5, 5.41) is 1.89. The van der Waals surface area contributed by atoms with Gasteiger partial charge in [0.1, 0.15) is 6.54 Å². The van der Waals surface area contributed by atoms with Gasteiger partial charge in [-0.15, -0.1) is 0 Å². The molecule has 1 heterocycles. The number of hydrogen-bond donors (Lipinski definition) is 2. The predicted molar refractivity (Wildman–Crippen MR) is 57.8 cm³/mol. The van der Waals surface area contributed by atoms with Crippen molar-refractivity contribution in [2.45, 2.75) is 18.5 Å². The summed E-state index contributed by atoms with van der Waals surface area (Å²) in [6.45, 7) is -3.85. The normalized spacial score (nSPS) is 20.4. The standard InChI is InChI=1S/C10H14F5N3O2/c11-9(12,3-16)4-17-8(20)6-1-7(19)18(2-6)5-10(13,14)15/h6H,1-5,16H2,(H,17,20). The maximum Gasteiger partial charge on any atom is 0.406 e. The molecule has 0 spiro atoms. The molecular formula is C10H14F5N3O2. The van der Waals surface area contributed by atoms with E-state index in [1.165, 1.54) is 0 Å². The number of rotatable bonds is 5. The molecule has 0 aromatic rings. The highest BCUT2D eigenvalue weighted by Gasteiger charge is 2.41. The number of nitrogens with one attached hydrogen (secondary N) is 1. The second-order valence-electron chi connectivity index (χ2n) is 4.57. The lowest BCUT2D eigenvalue weighted by Crippen LogP contribution is -2.44. The molecule has 1 aliphatic rings. The van der Waals surface area contributed by atoms with Crippen molar-refractivity contribution >= 4 is 11.8 Å². The van der Waals surface area contributed by atoms with Crippen molar-refractivity contribution in [1.29, 1.82) is 0 Å². The summed E-state index contributed by atoms with van der Waals surface area (Å²) in [6.07, 6.45) is -4.98. The highest BCUT2D eigenvalue weighted by Crippen LogP contribution is 2.24. The lowest BCUT2D eigenvalue weighted by atomic mass is 10.1. The summed E-state index contributed by atoms with van der Waals surface area (Å²) in [6, 6.07) is 0. The number of hydrogen-bond acceptors (Lipinski definition) is 3. The maximum absolute atomic E-state index is 12.8. The first-order valence-electron chi connectivity index (χ1n) is 5.74. The van der Waals surface area contributed by atoms with E-state index in [-0.39, 0.29) is 0 Å². The molecule has 10 heteroatoms. The summed E-state index contributed by atoms with van der Waals surface area (Å²) in [4.78, 5) is 23.3. The zero-order chi connectivity index (χ0) is 15.6. The highest BCUT2D eigenvalue weighted by molar-refractivity contribution is 5.89. The lowest BCUT2D eigenvalue weighted by molar-refractivity contribution is -0.157. The van der Waals surface area contributed by atoms with Crippen LogP contribution in [-0.2, 0) is 9.59 Å². The van der Waals surface area contributed by atoms with Crippen molar-refractivity contribution in [2.75, 3.05) is 26.2 Å². The van der Waals surface area contributed by atoms with Crippen molar-refractivity contribution < 1.29 is 31.5 Å². The third-order valence-electron chi connectivity index (χ3n) is 2.78. The van der Waals surface area contributed by atoms with Crippen LogP contribution in [0.1, 0.15) is 6.42 Å². The Bertz CT molecular complexity index is 386. The van der Waals surface area contributed by atoms with Crippen molar-refractivity contribution in [3.8, 4) is 0 Å². The van der Waals surface area contributed by atoms with Gasteiger partial charge in [-0.3, -0.25) is 9.59 Å². The van der Waals surface area contributed by atoms with E-state index in [1.54, 1.807) is 0 Å². The Kier molecular flexibility index (Phi) is 4.90. The minimum atomic E-state index is -4.56. The van der Waals surface area contributed by atoms with Crippen molar-refractivity contribution in [1.82, 2.24) is 10.2 Å². The lowest BCUT2D eigenvalue weighted by Gasteiger charge is -2.19. The number of alkyl halides is 5. The summed E-state index contributed by atoms with van der Waals surface area (Å²) in [5.74, 6) is -6.05. The molecule has 0 radical (unpaired) electrons. The van der Waals surface area contributed by atoms with Crippen LogP contribution in [0, 0.1) is 5.92 Å². The smallest absolute Gasteiger partial charge is 0.350 e. The van der Waals surface area contributed by atoms with Crippen LogP contribution in [-0.4, -0.2) is 55.0 Å². The quantitative estimate of drug-likeness (QED) is 0.708.